The number of hydrogen-bond donors (Lipinski definition) is 3. The number of aliphatic hydroxyl groups excluding tert-OH is 1. The fraction of sp³-hybridized carbons (Fsp3) is 0.300. The number of rotatable bonds is 4. The van der Waals surface area contributed by atoms with Gasteiger partial charge in [0.15, 0.2) is 0 Å². The molecule has 14 heavy (non-hydrogen) atoms. The summed E-state index contributed by atoms with van der Waals surface area (Å²) in [4.78, 5) is 10.4. The molecule has 0 radical (unpaired) electrons. The van der Waals surface area contributed by atoms with Gasteiger partial charge in [0.2, 0.25) is 0 Å². The van der Waals surface area contributed by atoms with Crippen molar-refractivity contribution in [3.05, 3.63) is 35.9 Å². The maximum Gasteiger partial charge on any atom is 0.320 e. The van der Waals surface area contributed by atoms with Crippen molar-refractivity contribution in [2.75, 3.05) is 0 Å². The first-order chi connectivity index (χ1) is 6.61. The van der Waals surface area contributed by atoms with Gasteiger partial charge in [-0.2, -0.15) is 0 Å². The maximum absolute atomic E-state index is 10.4. The lowest BCUT2D eigenvalue weighted by molar-refractivity contribution is -0.139. The van der Waals surface area contributed by atoms with E-state index in [-0.39, 0.29) is 6.42 Å². The average Bonchev–Trinajstić information content (AvgIpc) is 2.19. The van der Waals surface area contributed by atoms with Gasteiger partial charge in [-0.25, -0.2) is 0 Å². The summed E-state index contributed by atoms with van der Waals surface area (Å²) in [5, 5.41) is 18.1. The molecule has 1 aromatic rings. The topological polar surface area (TPSA) is 83.5 Å². The molecule has 4 heteroatoms. The van der Waals surface area contributed by atoms with Crippen molar-refractivity contribution in [3.63, 3.8) is 0 Å². The van der Waals surface area contributed by atoms with Gasteiger partial charge in [-0.05, 0) is 5.56 Å². The van der Waals surface area contributed by atoms with E-state index >= 15 is 0 Å². The molecular formula is C10H13NO3. The Morgan fingerprint density at radius 1 is 1.36 bits per heavy atom. The first-order valence-electron chi connectivity index (χ1n) is 4.32. The van der Waals surface area contributed by atoms with Crippen LogP contribution in [-0.2, 0) is 4.79 Å². The van der Waals surface area contributed by atoms with E-state index in [1.807, 2.05) is 6.07 Å². The second-order valence-corrected chi connectivity index (χ2v) is 3.11. The predicted molar refractivity (Wildman–Crippen MR) is 51.6 cm³/mol. The van der Waals surface area contributed by atoms with E-state index in [9.17, 15) is 9.90 Å². The lowest BCUT2D eigenvalue weighted by atomic mass is 10.0. The minimum Gasteiger partial charge on any atom is -0.480 e. The molecule has 0 spiro atoms. The van der Waals surface area contributed by atoms with E-state index in [2.05, 4.69) is 0 Å². The van der Waals surface area contributed by atoms with Crippen molar-refractivity contribution in [1.29, 1.82) is 0 Å². The Morgan fingerprint density at radius 2 is 1.93 bits per heavy atom. The Kier molecular flexibility index (Phi) is 3.62. The van der Waals surface area contributed by atoms with E-state index in [0.29, 0.717) is 5.56 Å². The molecule has 0 amide bonds. The van der Waals surface area contributed by atoms with Crippen molar-refractivity contribution in [1.82, 2.24) is 0 Å². The van der Waals surface area contributed by atoms with Crippen molar-refractivity contribution in [3.8, 4) is 0 Å². The quantitative estimate of drug-likeness (QED) is 0.654. The molecule has 1 aromatic carbocycles. The molecule has 0 fully saturated rings. The maximum atomic E-state index is 10.4. The predicted octanol–water partition coefficient (Wildman–Crippen LogP) is 0.522. The molecule has 4 nitrogen and oxygen atoms in total. The summed E-state index contributed by atoms with van der Waals surface area (Å²) in [7, 11) is 0. The molecule has 0 saturated carbocycles. The highest BCUT2D eigenvalue weighted by Gasteiger charge is 2.17. The van der Waals surface area contributed by atoms with E-state index in [1.54, 1.807) is 24.3 Å². The molecule has 2 atom stereocenters. The van der Waals surface area contributed by atoms with Gasteiger partial charge in [0.05, 0.1) is 6.10 Å². The number of carboxylic acid groups (broad SMARTS) is 1. The number of aliphatic hydroxyl groups is 1. The first kappa shape index (κ1) is 10.7. The number of nitrogens with two attached hydrogens (primary N) is 1. The van der Waals surface area contributed by atoms with Gasteiger partial charge < -0.3 is 15.9 Å². The largest absolute Gasteiger partial charge is 0.480 e. The van der Waals surface area contributed by atoms with Crippen LogP contribution in [0.4, 0.5) is 0 Å². The lowest BCUT2D eigenvalue weighted by Gasteiger charge is -2.13. The highest BCUT2D eigenvalue weighted by Crippen LogP contribution is 2.16. The number of hydrogen-bond acceptors (Lipinski definition) is 3. The normalized spacial score (nSPS) is 14.7. The minimum atomic E-state index is -1.10. The van der Waals surface area contributed by atoms with Crippen LogP contribution < -0.4 is 5.73 Å². The van der Waals surface area contributed by atoms with Crippen molar-refractivity contribution in [2.45, 2.75) is 18.6 Å². The molecule has 0 saturated heterocycles. The van der Waals surface area contributed by atoms with Crippen LogP contribution in [0, 0.1) is 0 Å². The van der Waals surface area contributed by atoms with Crippen molar-refractivity contribution >= 4 is 5.97 Å². The fourth-order valence-corrected chi connectivity index (χ4v) is 1.15. The molecule has 0 aliphatic rings. The number of benzene rings is 1. The highest BCUT2D eigenvalue weighted by atomic mass is 16.4. The van der Waals surface area contributed by atoms with E-state index in [1.165, 1.54) is 0 Å². The van der Waals surface area contributed by atoms with E-state index in [4.69, 9.17) is 10.8 Å². The zero-order valence-corrected chi connectivity index (χ0v) is 7.63. The summed E-state index contributed by atoms with van der Waals surface area (Å²) in [6.45, 7) is 0. The monoisotopic (exact) mass is 195 g/mol. The molecule has 0 bridgehead atoms. The Morgan fingerprint density at radius 3 is 2.43 bits per heavy atom. The number of carbonyl (C=O) groups is 1. The van der Waals surface area contributed by atoms with Gasteiger partial charge in [0.25, 0.3) is 0 Å². The summed E-state index contributed by atoms with van der Waals surface area (Å²) >= 11 is 0. The van der Waals surface area contributed by atoms with Crippen LogP contribution in [-0.4, -0.2) is 22.2 Å². The molecule has 0 heterocycles. The van der Waals surface area contributed by atoms with Gasteiger partial charge in [-0.3, -0.25) is 4.79 Å². The Bertz CT molecular complexity index is 299. The lowest BCUT2D eigenvalue weighted by Crippen LogP contribution is -2.31. The third-order valence-corrected chi connectivity index (χ3v) is 1.98. The highest BCUT2D eigenvalue weighted by molar-refractivity contribution is 5.73. The van der Waals surface area contributed by atoms with Gasteiger partial charge in [0, 0.05) is 6.42 Å². The second kappa shape index (κ2) is 4.74. The van der Waals surface area contributed by atoms with Gasteiger partial charge >= 0.3 is 5.97 Å². The van der Waals surface area contributed by atoms with E-state index < -0.39 is 18.1 Å². The molecule has 0 aliphatic heterocycles. The molecular weight excluding hydrogens is 182 g/mol. The zero-order valence-electron chi connectivity index (χ0n) is 7.63. The average molecular weight is 195 g/mol. The van der Waals surface area contributed by atoms with Crippen LogP contribution in [0.5, 0.6) is 0 Å². The summed E-state index contributed by atoms with van der Waals surface area (Å²) in [6.07, 6.45) is -0.790. The summed E-state index contributed by atoms with van der Waals surface area (Å²) in [6, 6.07) is 7.84. The fourth-order valence-electron chi connectivity index (χ4n) is 1.15. The molecule has 0 aliphatic carbocycles. The number of carboxylic acids is 1. The third kappa shape index (κ3) is 2.83. The Labute approximate surface area is 82.0 Å². The van der Waals surface area contributed by atoms with Crippen LogP contribution in [0.2, 0.25) is 0 Å². The van der Waals surface area contributed by atoms with Gasteiger partial charge in [-0.15, -0.1) is 0 Å². The van der Waals surface area contributed by atoms with Crippen LogP contribution >= 0.6 is 0 Å². The van der Waals surface area contributed by atoms with Crippen LogP contribution in [0.15, 0.2) is 30.3 Å². The first-order valence-corrected chi connectivity index (χ1v) is 4.32. The molecule has 2 unspecified atom stereocenters. The standard InChI is InChI=1S/C10H13NO3/c11-8(10(13)14)6-9(12)7-4-2-1-3-5-7/h1-5,8-9,12H,6,11H2,(H,13,14). The molecule has 76 valence electrons. The van der Waals surface area contributed by atoms with Crippen LogP contribution in [0.25, 0.3) is 0 Å². The number of aliphatic carboxylic acids is 1. The second-order valence-electron chi connectivity index (χ2n) is 3.11. The Hall–Kier alpha value is -1.39. The van der Waals surface area contributed by atoms with Crippen LogP contribution in [0.3, 0.4) is 0 Å². The third-order valence-electron chi connectivity index (χ3n) is 1.98. The SMILES string of the molecule is NC(CC(O)c1ccccc1)C(=O)O. The molecule has 0 aromatic heterocycles. The Balaban J connectivity index is 2.59. The van der Waals surface area contributed by atoms with Gasteiger partial charge in [0.1, 0.15) is 6.04 Å². The van der Waals surface area contributed by atoms with Crippen molar-refractivity contribution < 1.29 is 15.0 Å². The van der Waals surface area contributed by atoms with Crippen LogP contribution in [0.1, 0.15) is 18.1 Å². The summed E-state index contributed by atoms with van der Waals surface area (Å²) < 4.78 is 0. The summed E-state index contributed by atoms with van der Waals surface area (Å²) in [5.74, 6) is -1.10. The zero-order chi connectivity index (χ0) is 10.6. The van der Waals surface area contributed by atoms with Gasteiger partial charge in [-0.1, -0.05) is 30.3 Å². The van der Waals surface area contributed by atoms with Crippen molar-refractivity contribution in [2.24, 2.45) is 5.73 Å². The molecule has 1 rings (SSSR count). The minimum absolute atomic E-state index is 0.0271. The smallest absolute Gasteiger partial charge is 0.320 e. The van der Waals surface area contributed by atoms with E-state index in [0.717, 1.165) is 0 Å². The molecule has 4 N–H and O–H groups in total. The summed E-state index contributed by atoms with van der Waals surface area (Å²) in [5.41, 5.74) is 5.98.